The van der Waals surface area contributed by atoms with Crippen molar-refractivity contribution in [3.63, 3.8) is 0 Å². The van der Waals surface area contributed by atoms with Gasteiger partial charge in [-0.25, -0.2) is 0 Å². The Balaban J connectivity index is 3.69. The van der Waals surface area contributed by atoms with Gasteiger partial charge in [-0.1, -0.05) is 68.7 Å². The largest absolute Gasteiger partial charge is 0.262 e. The van der Waals surface area contributed by atoms with Gasteiger partial charge < -0.3 is 0 Å². The third kappa shape index (κ3) is 11.2. The molecular weight excluding hydrogens is 215 g/mol. The van der Waals surface area contributed by atoms with Gasteiger partial charge in [-0.05, 0) is 11.5 Å². The van der Waals surface area contributed by atoms with Gasteiger partial charge in [0, 0.05) is 0 Å². The lowest BCUT2D eigenvalue weighted by molar-refractivity contribution is 0.685. The van der Waals surface area contributed by atoms with Gasteiger partial charge in [0.2, 0.25) is 0 Å². The molecule has 90 valence electrons. The molecule has 0 amide bonds. The Morgan fingerprint density at radius 3 is 1.93 bits per heavy atom. The van der Waals surface area contributed by atoms with E-state index in [0.29, 0.717) is 0 Å². The summed E-state index contributed by atoms with van der Waals surface area (Å²) in [5, 5.41) is 4.72. The quantitative estimate of drug-likeness (QED) is 0.409. The second-order valence-corrected chi connectivity index (χ2v) is 10.1. The average molecular weight is 244 g/mol. The van der Waals surface area contributed by atoms with Crippen molar-refractivity contribution >= 4 is 25.9 Å². The van der Waals surface area contributed by atoms with Crippen molar-refractivity contribution in [1.82, 2.24) is 0 Å². The number of thioether (sulfide) groups is 1. The minimum absolute atomic E-state index is 0.406. The Labute approximate surface area is 106 Å². The summed E-state index contributed by atoms with van der Waals surface area (Å²) in [5.74, 6) is 4.55. The molecule has 0 aliphatic rings. The molecule has 2 heteroatoms. The summed E-state index contributed by atoms with van der Waals surface area (Å²) < 4.78 is 0. The van der Waals surface area contributed by atoms with Crippen molar-refractivity contribution in [1.29, 1.82) is 0 Å². The predicted octanol–water partition coefficient (Wildman–Crippen LogP) is 4.94. The first-order chi connectivity index (χ1) is 7.06. The number of hydrogen-bond donors (Lipinski definition) is 0. The van der Waals surface area contributed by atoms with E-state index in [1.165, 1.54) is 17.9 Å². The van der Waals surface area contributed by atoms with Crippen LogP contribution < -0.4 is 0 Å². The maximum absolute atomic E-state index is 2.39. The molecule has 0 heterocycles. The van der Waals surface area contributed by atoms with E-state index in [9.17, 15) is 0 Å². The molecule has 0 fully saturated rings. The normalized spacial score (nSPS) is 11.4. The molecule has 0 aliphatic heterocycles. The van der Waals surface area contributed by atoms with Crippen LogP contribution in [0.5, 0.6) is 0 Å². The molecule has 0 unspecified atom stereocenters. The molecule has 0 aromatic rings. The maximum Gasteiger partial charge on any atom is 0.262 e. The summed E-state index contributed by atoms with van der Waals surface area (Å²) in [6, 6.07) is 0. The van der Waals surface area contributed by atoms with Gasteiger partial charge in [0.25, 0.3) is 14.1 Å². The average Bonchev–Trinajstić information content (AvgIpc) is 2.10. The summed E-state index contributed by atoms with van der Waals surface area (Å²) in [4.78, 5) is 0. The highest BCUT2D eigenvalue weighted by Gasteiger charge is 2.18. The van der Waals surface area contributed by atoms with Gasteiger partial charge in [-0.3, -0.25) is 0 Å². The zero-order valence-electron chi connectivity index (χ0n) is 11.4. The van der Waals surface area contributed by atoms with Gasteiger partial charge >= 0.3 is 0 Å². The van der Waals surface area contributed by atoms with Crippen LogP contribution in [0, 0.1) is 11.8 Å². The van der Waals surface area contributed by atoms with Gasteiger partial charge in [0.05, 0.1) is 0 Å². The molecule has 0 N–H and O–H groups in total. The highest BCUT2D eigenvalue weighted by molar-refractivity contribution is 7.99. The van der Waals surface area contributed by atoms with E-state index in [0.717, 1.165) is 11.8 Å². The fraction of sp³-hybridized carbons (Fsp3) is 1.00. The van der Waals surface area contributed by atoms with E-state index in [2.05, 4.69) is 46.4 Å². The van der Waals surface area contributed by atoms with Gasteiger partial charge in [0.15, 0.2) is 0 Å². The first-order valence-electron chi connectivity index (χ1n) is 6.64. The van der Waals surface area contributed by atoms with Crippen molar-refractivity contribution in [2.24, 2.45) is 11.8 Å². The first kappa shape index (κ1) is 15.9. The van der Waals surface area contributed by atoms with Crippen LogP contribution in [0.3, 0.4) is 0 Å². The van der Waals surface area contributed by atoms with E-state index < -0.39 is 14.1 Å². The van der Waals surface area contributed by atoms with Crippen molar-refractivity contribution in [2.45, 2.75) is 56.9 Å². The molecule has 0 bridgehead atoms. The van der Waals surface area contributed by atoms with E-state index in [1.807, 2.05) is 0 Å². The van der Waals surface area contributed by atoms with Crippen LogP contribution in [0.1, 0.15) is 41.0 Å². The molecule has 0 nitrogen and oxygen atoms in total. The molecule has 0 saturated heterocycles. The van der Waals surface area contributed by atoms with Crippen LogP contribution in [-0.4, -0.2) is 25.7 Å². The van der Waals surface area contributed by atoms with Gasteiger partial charge in [-0.2, -0.15) is 11.8 Å². The van der Waals surface area contributed by atoms with Crippen LogP contribution in [0.2, 0.25) is 15.8 Å². The maximum atomic E-state index is 2.39. The highest BCUT2D eigenvalue weighted by atomic mass is 32.2. The molecule has 0 saturated carbocycles. The molecule has 0 rings (SSSR count). The van der Waals surface area contributed by atoms with Crippen LogP contribution >= 0.6 is 11.8 Å². The Morgan fingerprint density at radius 1 is 1.00 bits per heavy atom. The summed E-state index contributed by atoms with van der Waals surface area (Å²) in [7, 11) is 0. The lowest BCUT2D eigenvalue weighted by Gasteiger charge is -2.16. The third-order valence-electron chi connectivity index (χ3n) is 2.71. The van der Waals surface area contributed by atoms with Crippen LogP contribution in [-0.2, 0) is 0 Å². The van der Waals surface area contributed by atoms with Crippen molar-refractivity contribution in [3.8, 4) is 0 Å². The zero-order chi connectivity index (χ0) is 11.7. The van der Waals surface area contributed by atoms with E-state index in [4.69, 9.17) is 0 Å². The monoisotopic (exact) mass is 244 g/mol. The number of hydrogen-bond acceptors (Lipinski definition) is 1. The van der Waals surface area contributed by atoms with Crippen LogP contribution in [0.4, 0.5) is 0 Å². The molecule has 0 spiro atoms. The van der Waals surface area contributed by atoms with E-state index in [1.54, 1.807) is 15.8 Å². The van der Waals surface area contributed by atoms with Crippen molar-refractivity contribution in [2.75, 3.05) is 11.5 Å². The second kappa shape index (κ2) is 10.1. The predicted molar refractivity (Wildman–Crippen MR) is 77.5 cm³/mol. The van der Waals surface area contributed by atoms with E-state index in [-0.39, 0.29) is 0 Å². The Bertz CT molecular complexity index is 124. The smallest absolute Gasteiger partial charge is 0.162 e. The van der Waals surface area contributed by atoms with Crippen LogP contribution in [0.15, 0.2) is 0 Å². The molecule has 15 heavy (non-hydrogen) atoms. The Kier molecular flexibility index (Phi) is 10.7. The molecule has 0 aromatic carbocycles. The van der Waals surface area contributed by atoms with Crippen molar-refractivity contribution < 1.29 is 0 Å². The lowest BCUT2D eigenvalue weighted by Crippen LogP contribution is -2.17. The Hall–Kier alpha value is 0.882. The topological polar surface area (TPSA) is 0 Å². The van der Waals surface area contributed by atoms with Crippen molar-refractivity contribution in [3.05, 3.63) is 0 Å². The standard InChI is InChI=1S/C5H11S.2C4H9.Al/c1-3-5-6-4-2;2*1-4(2)3;/h1,3-5H2,2H3;2*4H,1H2,2-3H3;. The highest BCUT2D eigenvalue weighted by Crippen LogP contribution is 2.20. The zero-order valence-corrected chi connectivity index (χ0v) is 13.4. The van der Waals surface area contributed by atoms with Crippen LogP contribution in [0.25, 0.3) is 0 Å². The SMILES string of the molecule is CCSCC[CH2][Al]([CH2]C(C)C)[CH2]C(C)C. The fourth-order valence-electron chi connectivity index (χ4n) is 2.28. The van der Waals surface area contributed by atoms with E-state index >= 15 is 0 Å². The minimum Gasteiger partial charge on any atom is -0.162 e. The van der Waals surface area contributed by atoms with Gasteiger partial charge in [-0.15, -0.1) is 0 Å². The summed E-state index contributed by atoms with van der Waals surface area (Å²) in [6.45, 7) is 11.8. The lowest BCUT2D eigenvalue weighted by atomic mass is 10.3. The summed E-state index contributed by atoms with van der Waals surface area (Å²) in [6.07, 6.45) is 1.48. The number of rotatable bonds is 9. The fourth-order valence-corrected chi connectivity index (χ4v) is 7.35. The summed E-state index contributed by atoms with van der Waals surface area (Å²) >= 11 is 1.70. The third-order valence-corrected chi connectivity index (χ3v) is 8.14. The second-order valence-electron chi connectivity index (χ2n) is 5.46. The molecule has 0 radical (unpaired) electrons. The Morgan fingerprint density at radius 2 is 1.53 bits per heavy atom. The molecule has 0 aliphatic carbocycles. The molecule has 0 atom stereocenters. The summed E-state index contributed by atoms with van der Waals surface area (Å²) in [5.41, 5.74) is 0. The molecule has 0 aromatic heterocycles. The molecular formula is C13H29AlS. The minimum atomic E-state index is -0.406. The first-order valence-corrected chi connectivity index (χ1v) is 10.2. The van der Waals surface area contributed by atoms with Gasteiger partial charge in [0.1, 0.15) is 0 Å².